The van der Waals surface area contributed by atoms with Crippen LogP contribution in [0.15, 0.2) is 82.9 Å². The molecule has 6 rings (SSSR count). The number of hydrogen-bond acceptors (Lipinski definition) is 2. The van der Waals surface area contributed by atoms with Crippen LogP contribution < -0.4 is 0 Å². The third-order valence-electron chi connectivity index (χ3n) is 4.98. The Hall–Kier alpha value is -2.22. The Labute approximate surface area is 110 Å². The molecule has 2 fully saturated rings. The molecule has 2 saturated heterocycles. The van der Waals surface area contributed by atoms with Crippen molar-refractivity contribution >= 4 is 0 Å². The molecule has 0 aromatic heterocycles. The van der Waals surface area contributed by atoms with E-state index in [0.29, 0.717) is 5.92 Å². The van der Waals surface area contributed by atoms with Crippen LogP contribution in [0.1, 0.15) is 0 Å². The minimum atomic E-state index is -0.260. The molecule has 0 saturated carbocycles. The van der Waals surface area contributed by atoms with Gasteiger partial charge in [0.15, 0.2) is 11.4 Å². The molecular formula is C17H10O2. The van der Waals surface area contributed by atoms with Crippen molar-refractivity contribution in [3.05, 3.63) is 82.9 Å². The smallest absolute Gasteiger partial charge is 0.216 e. The zero-order valence-corrected chi connectivity index (χ0v) is 10.1. The van der Waals surface area contributed by atoms with E-state index in [4.69, 9.17) is 9.47 Å². The highest BCUT2D eigenvalue weighted by atomic mass is 16.6. The molecule has 0 amide bonds. The lowest BCUT2D eigenvalue weighted by Crippen LogP contribution is -2.31. The molecule has 0 radical (unpaired) electrons. The van der Waals surface area contributed by atoms with Gasteiger partial charge in [0.1, 0.15) is 5.76 Å². The summed E-state index contributed by atoms with van der Waals surface area (Å²) >= 11 is 0. The number of allylic oxidation sites excluding steroid dienone is 5. The van der Waals surface area contributed by atoms with Crippen molar-refractivity contribution in [3.63, 3.8) is 0 Å². The van der Waals surface area contributed by atoms with Gasteiger partial charge in [-0.05, 0) is 23.8 Å². The minimum absolute atomic E-state index is 0.187. The van der Waals surface area contributed by atoms with Crippen molar-refractivity contribution in [1.82, 2.24) is 0 Å². The van der Waals surface area contributed by atoms with E-state index >= 15 is 0 Å². The Morgan fingerprint density at radius 2 is 2.00 bits per heavy atom. The van der Waals surface area contributed by atoms with E-state index in [0.717, 1.165) is 11.5 Å². The monoisotopic (exact) mass is 246 g/mol. The Kier molecular flexibility index (Phi) is 1.06. The van der Waals surface area contributed by atoms with Gasteiger partial charge in [-0.3, -0.25) is 0 Å². The molecule has 6 aliphatic rings. The van der Waals surface area contributed by atoms with Gasteiger partial charge in [0.25, 0.3) is 0 Å². The standard InChI is InChI=1S/C17H10O2/c1-2-8-16-12(3-1)11-6-4-10-5-7-14-17(10,19-14)13(11)9-15(16)18-16/h1-9,12H/t12-,16+,17+/m1/s1. The highest BCUT2D eigenvalue weighted by molar-refractivity contribution is 5.73. The fraction of sp³-hybridized carbons (Fsp3) is 0.176. The van der Waals surface area contributed by atoms with E-state index in [1.54, 1.807) is 0 Å². The van der Waals surface area contributed by atoms with Crippen molar-refractivity contribution in [2.45, 2.75) is 11.2 Å². The number of hydrogen-bond donors (Lipinski definition) is 0. The summed E-state index contributed by atoms with van der Waals surface area (Å²) in [5.74, 6) is 2.47. The van der Waals surface area contributed by atoms with Crippen LogP contribution in [0.5, 0.6) is 0 Å². The minimum Gasteiger partial charge on any atom is -0.474 e. The van der Waals surface area contributed by atoms with Crippen LogP contribution in [-0.4, -0.2) is 11.2 Å². The number of fused-ring (bicyclic) bond motifs is 1. The largest absolute Gasteiger partial charge is 0.474 e. The Morgan fingerprint density at radius 1 is 1.00 bits per heavy atom. The zero-order chi connectivity index (χ0) is 12.2. The molecule has 2 spiro atoms. The van der Waals surface area contributed by atoms with Crippen LogP contribution in [0, 0.1) is 5.92 Å². The van der Waals surface area contributed by atoms with Gasteiger partial charge in [0, 0.05) is 11.1 Å². The quantitative estimate of drug-likeness (QED) is 0.614. The first-order valence-corrected chi connectivity index (χ1v) is 6.66. The number of epoxide rings is 2. The molecule has 90 valence electrons. The van der Waals surface area contributed by atoms with Crippen molar-refractivity contribution < 1.29 is 9.47 Å². The van der Waals surface area contributed by atoms with Crippen molar-refractivity contribution in [3.8, 4) is 0 Å². The lowest BCUT2D eigenvalue weighted by Gasteiger charge is -2.29. The summed E-state index contributed by atoms with van der Waals surface area (Å²) in [7, 11) is 0. The summed E-state index contributed by atoms with van der Waals surface area (Å²) in [5.41, 5.74) is 3.42. The summed E-state index contributed by atoms with van der Waals surface area (Å²) in [6, 6.07) is 0. The van der Waals surface area contributed by atoms with Gasteiger partial charge in [0.2, 0.25) is 5.60 Å². The Balaban J connectivity index is 1.64. The molecule has 2 heteroatoms. The second-order valence-corrected chi connectivity index (χ2v) is 5.76. The average molecular weight is 246 g/mol. The zero-order valence-electron chi connectivity index (χ0n) is 10.1. The first-order chi connectivity index (χ1) is 9.34. The molecule has 0 aromatic rings. The van der Waals surface area contributed by atoms with Gasteiger partial charge < -0.3 is 9.47 Å². The summed E-state index contributed by atoms with van der Waals surface area (Å²) in [6.45, 7) is 0. The van der Waals surface area contributed by atoms with Crippen molar-refractivity contribution in [2.75, 3.05) is 0 Å². The second-order valence-electron chi connectivity index (χ2n) is 5.76. The third kappa shape index (κ3) is 0.737. The molecule has 2 heterocycles. The fourth-order valence-electron chi connectivity index (χ4n) is 3.94. The van der Waals surface area contributed by atoms with E-state index in [-0.39, 0.29) is 11.2 Å². The third-order valence-corrected chi connectivity index (χ3v) is 4.98. The van der Waals surface area contributed by atoms with Crippen LogP contribution >= 0.6 is 0 Å². The molecule has 3 atom stereocenters. The van der Waals surface area contributed by atoms with E-state index in [2.05, 4.69) is 54.7 Å². The van der Waals surface area contributed by atoms with E-state index in [1.807, 2.05) is 0 Å². The first-order valence-electron chi connectivity index (χ1n) is 6.66. The van der Waals surface area contributed by atoms with Crippen LogP contribution in [0.25, 0.3) is 0 Å². The number of ether oxygens (including phenoxy) is 2. The highest BCUT2D eigenvalue weighted by Gasteiger charge is 2.67. The van der Waals surface area contributed by atoms with Crippen LogP contribution in [-0.2, 0) is 9.47 Å². The summed E-state index contributed by atoms with van der Waals surface area (Å²) in [4.78, 5) is 0. The number of rotatable bonds is 0. The van der Waals surface area contributed by atoms with Crippen molar-refractivity contribution in [2.24, 2.45) is 5.92 Å². The summed E-state index contributed by atoms with van der Waals surface area (Å²) < 4.78 is 11.8. The molecule has 2 aliphatic heterocycles. The van der Waals surface area contributed by atoms with E-state index < -0.39 is 0 Å². The molecule has 0 bridgehead atoms. The normalized spacial score (nSPS) is 44.6. The Morgan fingerprint density at radius 3 is 2.95 bits per heavy atom. The van der Waals surface area contributed by atoms with Gasteiger partial charge >= 0.3 is 0 Å². The maximum Gasteiger partial charge on any atom is 0.216 e. The molecule has 19 heavy (non-hydrogen) atoms. The molecule has 0 N–H and O–H groups in total. The van der Waals surface area contributed by atoms with Crippen LogP contribution in [0.2, 0.25) is 0 Å². The van der Waals surface area contributed by atoms with Crippen molar-refractivity contribution in [1.29, 1.82) is 0 Å². The molecule has 2 nitrogen and oxygen atoms in total. The fourth-order valence-corrected chi connectivity index (χ4v) is 3.94. The van der Waals surface area contributed by atoms with Gasteiger partial charge in [-0.25, -0.2) is 0 Å². The predicted octanol–water partition coefficient (Wildman–Crippen LogP) is 2.85. The SMILES string of the molecule is C1=C[C@@H]2C3=C(C=C4O[C@]42C=C1)[C@]12OC1=CC=C2C=C3. The van der Waals surface area contributed by atoms with Gasteiger partial charge in [-0.1, -0.05) is 36.5 Å². The average Bonchev–Trinajstić information content (AvgIpc) is 3.30. The topological polar surface area (TPSA) is 25.1 Å². The summed E-state index contributed by atoms with van der Waals surface area (Å²) in [5, 5.41) is 0. The van der Waals surface area contributed by atoms with Crippen LogP contribution in [0.4, 0.5) is 0 Å². The van der Waals surface area contributed by atoms with Gasteiger partial charge in [-0.15, -0.1) is 0 Å². The van der Waals surface area contributed by atoms with Gasteiger partial charge in [-0.2, -0.15) is 0 Å². The lowest BCUT2D eigenvalue weighted by molar-refractivity contribution is 0.319. The second kappa shape index (κ2) is 2.29. The molecule has 4 aliphatic carbocycles. The Bertz CT molecular complexity index is 784. The maximum absolute atomic E-state index is 5.93. The lowest BCUT2D eigenvalue weighted by atomic mass is 9.70. The predicted molar refractivity (Wildman–Crippen MR) is 69.8 cm³/mol. The first kappa shape index (κ1) is 8.81. The van der Waals surface area contributed by atoms with E-state index in [1.165, 1.54) is 16.7 Å². The molecule has 0 aromatic carbocycles. The molecular weight excluding hydrogens is 236 g/mol. The van der Waals surface area contributed by atoms with E-state index in [9.17, 15) is 0 Å². The van der Waals surface area contributed by atoms with Gasteiger partial charge in [0.05, 0.1) is 5.92 Å². The van der Waals surface area contributed by atoms with Crippen LogP contribution in [0.3, 0.4) is 0 Å². The maximum atomic E-state index is 5.93. The molecule has 0 unspecified atom stereocenters. The summed E-state index contributed by atoms with van der Waals surface area (Å²) in [6.07, 6.45) is 19.5. The highest BCUT2D eigenvalue weighted by Crippen LogP contribution is 2.65.